The maximum atomic E-state index is 13.1. The van der Waals surface area contributed by atoms with Gasteiger partial charge in [0.05, 0.1) is 11.8 Å². The van der Waals surface area contributed by atoms with Gasteiger partial charge in [0.1, 0.15) is 11.6 Å². The van der Waals surface area contributed by atoms with E-state index >= 15 is 0 Å². The highest BCUT2D eigenvalue weighted by molar-refractivity contribution is 5.75. The Hall–Kier alpha value is -2.76. The van der Waals surface area contributed by atoms with E-state index in [4.69, 9.17) is 0 Å². The summed E-state index contributed by atoms with van der Waals surface area (Å²) < 4.78 is 14.5. The standard InChI is InChI=1S/C14H11FN4O/c1-19-8-16-11-5-6-12(18-13(11)14(19)20)17-10-4-2-3-9(15)7-10/h2-8H,1H3,(H,17,18). The van der Waals surface area contributed by atoms with Crippen LogP contribution in [0, 0.1) is 5.82 Å². The Kier molecular flexibility index (Phi) is 2.90. The summed E-state index contributed by atoms with van der Waals surface area (Å²) in [5.74, 6) is 0.126. The van der Waals surface area contributed by atoms with Crippen LogP contribution in [-0.2, 0) is 7.05 Å². The lowest BCUT2D eigenvalue weighted by Crippen LogP contribution is -2.18. The van der Waals surface area contributed by atoms with Crippen LogP contribution in [0.5, 0.6) is 0 Å². The predicted molar refractivity (Wildman–Crippen MR) is 74.5 cm³/mol. The monoisotopic (exact) mass is 270 g/mol. The highest BCUT2D eigenvalue weighted by atomic mass is 19.1. The van der Waals surface area contributed by atoms with Gasteiger partial charge in [0.25, 0.3) is 5.56 Å². The molecule has 0 saturated heterocycles. The van der Waals surface area contributed by atoms with Crippen molar-refractivity contribution in [3.8, 4) is 0 Å². The van der Waals surface area contributed by atoms with Crippen molar-refractivity contribution in [2.24, 2.45) is 7.05 Å². The van der Waals surface area contributed by atoms with Crippen molar-refractivity contribution in [2.75, 3.05) is 5.32 Å². The number of aromatic nitrogens is 3. The molecule has 0 unspecified atom stereocenters. The number of nitrogens with zero attached hydrogens (tertiary/aromatic N) is 3. The average molecular weight is 270 g/mol. The summed E-state index contributed by atoms with van der Waals surface area (Å²) in [4.78, 5) is 20.3. The molecule has 2 aromatic heterocycles. The molecule has 0 aliphatic carbocycles. The minimum atomic E-state index is -0.339. The second kappa shape index (κ2) is 4.73. The van der Waals surface area contributed by atoms with Crippen LogP contribution in [0.15, 0.2) is 47.5 Å². The number of fused-ring (bicyclic) bond motifs is 1. The second-order valence-electron chi connectivity index (χ2n) is 4.36. The van der Waals surface area contributed by atoms with E-state index in [1.54, 1.807) is 31.3 Å². The van der Waals surface area contributed by atoms with Crippen LogP contribution < -0.4 is 10.9 Å². The van der Waals surface area contributed by atoms with E-state index in [-0.39, 0.29) is 16.9 Å². The first-order valence-corrected chi connectivity index (χ1v) is 5.98. The molecular weight excluding hydrogens is 259 g/mol. The molecule has 0 fully saturated rings. The van der Waals surface area contributed by atoms with Crippen molar-refractivity contribution in [1.29, 1.82) is 0 Å². The van der Waals surface area contributed by atoms with Gasteiger partial charge in [0.2, 0.25) is 0 Å². The van der Waals surface area contributed by atoms with E-state index in [9.17, 15) is 9.18 Å². The molecule has 20 heavy (non-hydrogen) atoms. The van der Waals surface area contributed by atoms with Crippen LogP contribution in [0.3, 0.4) is 0 Å². The first-order chi connectivity index (χ1) is 9.63. The van der Waals surface area contributed by atoms with Gasteiger partial charge < -0.3 is 9.88 Å². The number of pyridine rings is 1. The van der Waals surface area contributed by atoms with Crippen LogP contribution in [0.2, 0.25) is 0 Å². The summed E-state index contributed by atoms with van der Waals surface area (Å²) in [7, 11) is 1.61. The summed E-state index contributed by atoms with van der Waals surface area (Å²) in [6.45, 7) is 0. The molecule has 6 heteroatoms. The normalized spacial score (nSPS) is 10.7. The molecule has 0 radical (unpaired) electrons. The number of rotatable bonds is 2. The molecule has 0 aliphatic heterocycles. The lowest BCUT2D eigenvalue weighted by molar-refractivity contribution is 0.628. The van der Waals surface area contributed by atoms with E-state index in [1.807, 2.05) is 0 Å². The summed E-state index contributed by atoms with van der Waals surface area (Å²) >= 11 is 0. The van der Waals surface area contributed by atoms with Crippen molar-refractivity contribution in [2.45, 2.75) is 0 Å². The highest BCUT2D eigenvalue weighted by Crippen LogP contribution is 2.16. The highest BCUT2D eigenvalue weighted by Gasteiger charge is 2.05. The van der Waals surface area contributed by atoms with E-state index < -0.39 is 0 Å². The third-order valence-electron chi connectivity index (χ3n) is 2.86. The van der Waals surface area contributed by atoms with Crippen molar-refractivity contribution < 1.29 is 4.39 Å². The molecule has 0 saturated carbocycles. The van der Waals surface area contributed by atoms with Crippen molar-refractivity contribution in [3.05, 3.63) is 58.9 Å². The summed E-state index contributed by atoms with van der Waals surface area (Å²) in [5.41, 5.74) is 1.14. The topological polar surface area (TPSA) is 59.8 Å². The number of benzene rings is 1. The SMILES string of the molecule is Cn1cnc2ccc(Nc3cccc(F)c3)nc2c1=O. The van der Waals surface area contributed by atoms with Crippen LogP contribution in [0.25, 0.3) is 11.0 Å². The fraction of sp³-hybridized carbons (Fsp3) is 0.0714. The molecule has 3 aromatic rings. The van der Waals surface area contributed by atoms with E-state index in [0.717, 1.165) is 0 Å². The van der Waals surface area contributed by atoms with Gasteiger partial charge in [-0.3, -0.25) is 4.79 Å². The van der Waals surface area contributed by atoms with Crippen LogP contribution in [0.1, 0.15) is 0 Å². The van der Waals surface area contributed by atoms with E-state index in [1.165, 1.54) is 23.0 Å². The molecule has 0 bridgehead atoms. The third-order valence-corrected chi connectivity index (χ3v) is 2.86. The summed E-state index contributed by atoms with van der Waals surface area (Å²) in [5, 5.41) is 2.96. The van der Waals surface area contributed by atoms with Crippen molar-refractivity contribution >= 4 is 22.5 Å². The van der Waals surface area contributed by atoms with Gasteiger partial charge in [-0.2, -0.15) is 0 Å². The quantitative estimate of drug-likeness (QED) is 0.775. The number of hydrogen-bond acceptors (Lipinski definition) is 4. The van der Waals surface area contributed by atoms with E-state index in [0.29, 0.717) is 17.0 Å². The minimum Gasteiger partial charge on any atom is -0.340 e. The fourth-order valence-corrected chi connectivity index (χ4v) is 1.87. The Bertz CT molecular complexity index is 844. The van der Waals surface area contributed by atoms with Gasteiger partial charge in [0, 0.05) is 12.7 Å². The molecule has 2 heterocycles. The van der Waals surface area contributed by atoms with Crippen molar-refractivity contribution in [3.63, 3.8) is 0 Å². The molecule has 0 aliphatic rings. The molecule has 1 aromatic carbocycles. The van der Waals surface area contributed by atoms with E-state index in [2.05, 4.69) is 15.3 Å². The Morgan fingerprint density at radius 2 is 2.10 bits per heavy atom. The summed E-state index contributed by atoms with van der Waals surface area (Å²) in [6.07, 6.45) is 1.45. The number of anilines is 2. The lowest BCUT2D eigenvalue weighted by atomic mass is 10.3. The van der Waals surface area contributed by atoms with Gasteiger partial charge >= 0.3 is 0 Å². The number of aryl methyl sites for hydroxylation is 1. The number of halogens is 1. The van der Waals surface area contributed by atoms with Crippen LogP contribution in [0.4, 0.5) is 15.9 Å². The van der Waals surface area contributed by atoms with Crippen LogP contribution in [-0.4, -0.2) is 14.5 Å². The van der Waals surface area contributed by atoms with Gasteiger partial charge in [-0.15, -0.1) is 0 Å². The van der Waals surface area contributed by atoms with Gasteiger partial charge in [-0.05, 0) is 30.3 Å². The zero-order valence-corrected chi connectivity index (χ0v) is 10.7. The number of hydrogen-bond donors (Lipinski definition) is 1. The third kappa shape index (κ3) is 2.23. The van der Waals surface area contributed by atoms with Gasteiger partial charge in [-0.25, -0.2) is 14.4 Å². The molecule has 0 spiro atoms. The maximum absolute atomic E-state index is 13.1. The molecule has 0 amide bonds. The summed E-state index contributed by atoms with van der Waals surface area (Å²) in [6, 6.07) is 9.42. The predicted octanol–water partition coefficient (Wildman–Crippen LogP) is 2.21. The minimum absolute atomic E-state index is 0.224. The fourth-order valence-electron chi connectivity index (χ4n) is 1.87. The van der Waals surface area contributed by atoms with Crippen LogP contribution >= 0.6 is 0 Å². The zero-order chi connectivity index (χ0) is 14.1. The average Bonchev–Trinajstić information content (AvgIpc) is 2.43. The second-order valence-corrected chi connectivity index (χ2v) is 4.36. The smallest absolute Gasteiger partial charge is 0.279 e. The lowest BCUT2D eigenvalue weighted by Gasteiger charge is -2.06. The largest absolute Gasteiger partial charge is 0.340 e. The first kappa shape index (κ1) is 12.3. The molecule has 0 atom stereocenters. The van der Waals surface area contributed by atoms with Gasteiger partial charge in [0.15, 0.2) is 5.52 Å². The number of nitrogens with one attached hydrogen (secondary N) is 1. The molecular formula is C14H11FN4O. The first-order valence-electron chi connectivity index (χ1n) is 5.98. The Balaban J connectivity index is 2.05. The van der Waals surface area contributed by atoms with Crippen molar-refractivity contribution in [1.82, 2.24) is 14.5 Å². The molecule has 3 rings (SSSR count). The Morgan fingerprint density at radius 1 is 1.25 bits per heavy atom. The van der Waals surface area contributed by atoms with Gasteiger partial charge in [-0.1, -0.05) is 6.07 Å². The molecule has 5 nitrogen and oxygen atoms in total. The zero-order valence-electron chi connectivity index (χ0n) is 10.7. The Labute approximate surface area is 113 Å². The maximum Gasteiger partial charge on any atom is 0.279 e. The Morgan fingerprint density at radius 3 is 2.90 bits per heavy atom. The molecule has 100 valence electrons. The molecule has 1 N–H and O–H groups in total.